The molecule has 5 nitrogen and oxygen atoms in total. The molecule has 0 saturated carbocycles. The van der Waals surface area contributed by atoms with Crippen LogP contribution in [0.1, 0.15) is 5.69 Å². The molecule has 3 rings (SSSR count). The van der Waals surface area contributed by atoms with Crippen molar-refractivity contribution in [2.45, 2.75) is 6.92 Å². The molecule has 0 bridgehead atoms. The lowest BCUT2D eigenvalue weighted by Crippen LogP contribution is -2.02. The number of aryl methyl sites for hydroxylation is 1. The largest absolute Gasteiger partial charge is 0.497 e. The highest BCUT2D eigenvalue weighted by molar-refractivity contribution is 5.60. The second-order valence-electron chi connectivity index (χ2n) is 5.06. The number of nitrogens with one attached hydrogen (secondary N) is 2. The molecule has 0 aliphatic rings. The molecule has 2 N–H and O–H groups in total. The SMILES string of the molecule is COc1ccc(Nc2nc(C)cc(Nc3ccccc3)n2)cc1. The Labute approximate surface area is 135 Å². The second kappa shape index (κ2) is 6.79. The molecule has 0 fully saturated rings. The lowest BCUT2D eigenvalue weighted by molar-refractivity contribution is 0.415. The van der Waals surface area contributed by atoms with E-state index in [1.54, 1.807) is 7.11 Å². The maximum absolute atomic E-state index is 5.15. The number of nitrogens with zero attached hydrogens (tertiary/aromatic N) is 2. The average molecular weight is 306 g/mol. The number of aromatic nitrogens is 2. The summed E-state index contributed by atoms with van der Waals surface area (Å²) in [7, 11) is 1.65. The Morgan fingerprint density at radius 2 is 1.52 bits per heavy atom. The molecule has 0 unspecified atom stereocenters. The minimum absolute atomic E-state index is 0.550. The first-order chi connectivity index (χ1) is 11.2. The van der Waals surface area contributed by atoms with Crippen LogP contribution in [-0.2, 0) is 0 Å². The number of benzene rings is 2. The summed E-state index contributed by atoms with van der Waals surface area (Å²) in [6.45, 7) is 1.94. The Hall–Kier alpha value is -3.08. The molecule has 0 aliphatic carbocycles. The van der Waals surface area contributed by atoms with Gasteiger partial charge in [-0.1, -0.05) is 18.2 Å². The summed E-state index contributed by atoms with van der Waals surface area (Å²) in [5, 5.41) is 6.48. The summed E-state index contributed by atoms with van der Waals surface area (Å²) in [6.07, 6.45) is 0. The zero-order valence-electron chi connectivity index (χ0n) is 13.1. The number of methoxy groups -OCH3 is 1. The van der Waals surface area contributed by atoms with Crippen molar-refractivity contribution in [1.82, 2.24) is 9.97 Å². The number of hydrogen-bond acceptors (Lipinski definition) is 5. The van der Waals surface area contributed by atoms with Gasteiger partial charge < -0.3 is 15.4 Å². The molecule has 116 valence electrons. The van der Waals surface area contributed by atoms with E-state index in [-0.39, 0.29) is 0 Å². The van der Waals surface area contributed by atoms with Crippen molar-refractivity contribution in [2.75, 3.05) is 17.7 Å². The van der Waals surface area contributed by atoms with Crippen LogP contribution in [0.2, 0.25) is 0 Å². The number of ether oxygens (including phenoxy) is 1. The van der Waals surface area contributed by atoms with Gasteiger partial charge >= 0.3 is 0 Å². The molecule has 0 aliphatic heterocycles. The standard InChI is InChI=1S/C18H18N4O/c1-13-12-17(20-14-6-4-3-5-7-14)22-18(19-13)21-15-8-10-16(23-2)11-9-15/h3-12H,1-2H3,(H2,19,20,21,22). The third-order valence-electron chi connectivity index (χ3n) is 3.25. The van der Waals surface area contributed by atoms with Gasteiger partial charge in [-0.15, -0.1) is 0 Å². The van der Waals surface area contributed by atoms with Gasteiger partial charge in [0.25, 0.3) is 0 Å². The van der Waals surface area contributed by atoms with Gasteiger partial charge in [0.2, 0.25) is 5.95 Å². The second-order valence-corrected chi connectivity index (χ2v) is 5.06. The summed E-state index contributed by atoms with van der Waals surface area (Å²) >= 11 is 0. The van der Waals surface area contributed by atoms with E-state index in [0.717, 1.165) is 28.6 Å². The Morgan fingerprint density at radius 3 is 2.22 bits per heavy atom. The normalized spacial score (nSPS) is 10.2. The minimum atomic E-state index is 0.550. The molecule has 0 radical (unpaired) electrons. The lowest BCUT2D eigenvalue weighted by Gasteiger charge is -2.10. The van der Waals surface area contributed by atoms with Crippen LogP contribution in [0.3, 0.4) is 0 Å². The maximum Gasteiger partial charge on any atom is 0.229 e. The molecule has 1 heterocycles. The molecule has 5 heteroatoms. The Kier molecular flexibility index (Phi) is 4.38. The Morgan fingerprint density at radius 1 is 0.826 bits per heavy atom. The topological polar surface area (TPSA) is 59.1 Å². The van der Waals surface area contributed by atoms with Crippen molar-refractivity contribution in [1.29, 1.82) is 0 Å². The van der Waals surface area contributed by atoms with Gasteiger partial charge in [-0.25, -0.2) is 4.98 Å². The van der Waals surface area contributed by atoms with Crippen LogP contribution in [0.4, 0.5) is 23.1 Å². The number of hydrogen-bond donors (Lipinski definition) is 2. The molecule has 1 aromatic heterocycles. The molecule has 3 aromatic rings. The summed E-state index contributed by atoms with van der Waals surface area (Å²) < 4.78 is 5.15. The third-order valence-corrected chi connectivity index (χ3v) is 3.25. The van der Waals surface area contributed by atoms with Crippen molar-refractivity contribution in [3.63, 3.8) is 0 Å². The summed E-state index contributed by atoms with van der Waals surface area (Å²) in [4.78, 5) is 8.92. The lowest BCUT2D eigenvalue weighted by atomic mass is 10.3. The smallest absolute Gasteiger partial charge is 0.229 e. The highest BCUT2D eigenvalue weighted by Crippen LogP contribution is 2.20. The molecule has 0 spiro atoms. The first-order valence-electron chi connectivity index (χ1n) is 7.32. The molecule has 0 saturated heterocycles. The number of anilines is 4. The van der Waals surface area contributed by atoms with Crippen LogP contribution in [0, 0.1) is 6.92 Å². The molecule has 0 atom stereocenters. The Balaban J connectivity index is 1.79. The van der Waals surface area contributed by atoms with Gasteiger partial charge in [-0.2, -0.15) is 4.98 Å². The van der Waals surface area contributed by atoms with Crippen LogP contribution >= 0.6 is 0 Å². The maximum atomic E-state index is 5.15. The average Bonchev–Trinajstić information content (AvgIpc) is 2.56. The predicted molar refractivity (Wildman–Crippen MR) is 92.8 cm³/mol. The van der Waals surface area contributed by atoms with E-state index in [2.05, 4.69) is 20.6 Å². The number of rotatable bonds is 5. The van der Waals surface area contributed by atoms with Gasteiger partial charge in [0.1, 0.15) is 11.6 Å². The summed E-state index contributed by atoms with van der Waals surface area (Å²) in [5.41, 5.74) is 2.78. The molecular weight excluding hydrogens is 288 g/mol. The highest BCUT2D eigenvalue weighted by Gasteiger charge is 2.04. The van der Waals surface area contributed by atoms with Crippen LogP contribution in [0.5, 0.6) is 5.75 Å². The zero-order chi connectivity index (χ0) is 16.1. The zero-order valence-corrected chi connectivity index (χ0v) is 13.1. The van der Waals surface area contributed by atoms with Crippen LogP contribution in [0.25, 0.3) is 0 Å². The van der Waals surface area contributed by atoms with E-state index < -0.39 is 0 Å². The quantitative estimate of drug-likeness (QED) is 0.736. The van der Waals surface area contributed by atoms with Crippen molar-refractivity contribution < 1.29 is 4.74 Å². The fourth-order valence-corrected chi connectivity index (χ4v) is 2.16. The summed E-state index contributed by atoms with van der Waals surface area (Å²) in [6, 6.07) is 19.5. The van der Waals surface area contributed by atoms with E-state index >= 15 is 0 Å². The Bertz CT molecular complexity index is 773. The molecule has 2 aromatic carbocycles. The first-order valence-corrected chi connectivity index (χ1v) is 7.32. The predicted octanol–water partition coefficient (Wildman–Crippen LogP) is 4.28. The van der Waals surface area contributed by atoms with Crippen molar-refractivity contribution in [3.05, 3.63) is 66.4 Å². The molecule has 0 amide bonds. The summed E-state index contributed by atoms with van der Waals surface area (Å²) in [5.74, 6) is 2.11. The number of para-hydroxylation sites is 1. The van der Waals surface area contributed by atoms with Gasteiger partial charge in [-0.05, 0) is 43.3 Å². The third kappa shape index (κ3) is 3.97. The van der Waals surface area contributed by atoms with E-state index in [1.165, 1.54) is 0 Å². The van der Waals surface area contributed by atoms with E-state index in [1.807, 2.05) is 67.6 Å². The molecular formula is C18H18N4O. The fraction of sp³-hybridized carbons (Fsp3) is 0.111. The van der Waals surface area contributed by atoms with Crippen molar-refractivity contribution in [2.24, 2.45) is 0 Å². The van der Waals surface area contributed by atoms with Gasteiger partial charge in [0, 0.05) is 23.1 Å². The minimum Gasteiger partial charge on any atom is -0.497 e. The van der Waals surface area contributed by atoms with Crippen molar-refractivity contribution in [3.8, 4) is 5.75 Å². The van der Waals surface area contributed by atoms with Crippen LogP contribution in [0.15, 0.2) is 60.7 Å². The first kappa shape index (κ1) is 14.8. The van der Waals surface area contributed by atoms with Crippen molar-refractivity contribution >= 4 is 23.1 Å². The van der Waals surface area contributed by atoms with E-state index in [0.29, 0.717) is 5.95 Å². The molecule has 23 heavy (non-hydrogen) atoms. The van der Waals surface area contributed by atoms with Crippen LogP contribution in [-0.4, -0.2) is 17.1 Å². The fourth-order valence-electron chi connectivity index (χ4n) is 2.16. The van der Waals surface area contributed by atoms with E-state index in [4.69, 9.17) is 4.74 Å². The monoisotopic (exact) mass is 306 g/mol. The highest BCUT2D eigenvalue weighted by atomic mass is 16.5. The van der Waals surface area contributed by atoms with Gasteiger partial charge in [0.15, 0.2) is 0 Å². The van der Waals surface area contributed by atoms with Crippen LogP contribution < -0.4 is 15.4 Å². The van der Waals surface area contributed by atoms with Gasteiger partial charge in [0.05, 0.1) is 7.11 Å². The van der Waals surface area contributed by atoms with Gasteiger partial charge in [-0.3, -0.25) is 0 Å². The van der Waals surface area contributed by atoms with E-state index in [9.17, 15) is 0 Å².